The molecule has 2 atom stereocenters. The highest BCUT2D eigenvalue weighted by atomic mass is 32.2. The van der Waals surface area contributed by atoms with Crippen LogP contribution in [0.2, 0.25) is 0 Å². The fraction of sp³-hybridized carbons (Fsp3) is 0.440. The minimum atomic E-state index is 0.118. The highest BCUT2D eigenvalue weighted by molar-refractivity contribution is 7.99. The number of nitrogens with zero attached hydrogens (tertiary/aromatic N) is 5. The van der Waals surface area contributed by atoms with E-state index in [1.807, 2.05) is 44.3 Å². The second-order valence-electron chi connectivity index (χ2n) is 8.64. The summed E-state index contributed by atoms with van der Waals surface area (Å²) < 4.78 is 4.39. The van der Waals surface area contributed by atoms with E-state index in [1.54, 1.807) is 6.20 Å². The number of hydrogen-bond donors (Lipinski definition) is 0. The molecule has 0 bridgehead atoms. The van der Waals surface area contributed by atoms with E-state index >= 15 is 0 Å². The smallest absolute Gasteiger partial charge is 0.192 e. The van der Waals surface area contributed by atoms with Crippen molar-refractivity contribution in [2.24, 2.45) is 5.92 Å². The topological polar surface area (TPSA) is 65.6 Å². The zero-order valence-electron chi connectivity index (χ0n) is 19.1. The zero-order valence-corrected chi connectivity index (χ0v) is 19.9. The van der Waals surface area contributed by atoms with Crippen LogP contribution in [0.25, 0.3) is 11.4 Å². The largest absolute Gasteiger partial charge is 0.345 e. The van der Waals surface area contributed by atoms with Crippen molar-refractivity contribution >= 4 is 17.5 Å². The van der Waals surface area contributed by atoms with Crippen LogP contribution < -0.4 is 0 Å². The van der Waals surface area contributed by atoms with Gasteiger partial charge in [0.15, 0.2) is 16.8 Å². The number of allylic oxidation sites excluding steroid dienone is 1. The molecule has 1 aliphatic carbocycles. The Bertz CT molecular complexity index is 1100. The van der Waals surface area contributed by atoms with Crippen molar-refractivity contribution in [3.8, 4) is 11.4 Å². The molecule has 3 aromatic rings. The third kappa shape index (κ3) is 4.44. The van der Waals surface area contributed by atoms with E-state index < -0.39 is 0 Å². The molecule has 0 aliphatic heterocycles. The lowest BCUT2D eigenvalue weighted by Crippen LogP contribution is -2.22. The van der Waals surface area contributed by atoms with E-state index in [0.717, 1.165) is 39.9 Å². The monoisotopic (exact) mass is 449 g/mol. The normalized spacial score (nSPS) is 18.6. The summed E-state index contributed by atoms with van der Waals surface area (Å²) in [6.07, 6.45) is 10.2. The average molecular weight is 450 g/mol. The molecule has 0 amide bonds. The number of rotatable bonds is 8. The number of ketones is 1. The van der Waals surface area contributed by atoms with Gasteiger partial charge >= 0.3 is 0 Å². The summed E-state index contributed by atoms with van der Waals surface area (Å²) in [6.45, 7) is 10.9. The SMILES string of the molecule is C=CCn1c(C)cc(C(=O)CSc2nnc(-c3cccnc3)n2[C@H]2CCCC[C@H]2C)c1C. The number of carbonyl (C=O) groups is 1. The third-order valence-electron chi connectivity index (χ3n) is 6.50. The summed E-state index contributed by atoms with van der Waals surface area (Å²) in [5, 5.41) is 9.87. The van der Waals surface area contributed by atoms with Gasteiger partial charge < -0.3 is 4.57 Å². The van der Waals surface area contributed by atoms with Crippen LogP contribution in [0, 0.1) is 19.8 Å². The average Bonchev–Trinajstić information content (AvgIpc) is 3.35. The molecule has 3 heterocycles. The molecule has 0 aromatic carbocycles. The minimum absolute atomic E-state index is 0.118. The number of Topliss-reactive ketones (excluding diaryl/α,β-unsaturated/α-hetero) is 1. The van der Waals surface area contributed by atoms with Gasteiger partial charge in [-0.2, -0.15) is 0 Å². The molecular formula is C25H31N5OS. The maximum Gasteiger partial charge on any atom is 0.192 e. The molecule has 168 valence electrons. The molecule has 3 aromatic heterocycles. The Morgan fingerprint density at radius 3 is 2.81 bits per heavy atom. The Balaban J connectivity index is 1.61. The fourth-order valence-electron chi connectivity index (χ4n) is 4.75. The Morgan fingerprint density at radius 2 is 2.09 bits per heavy atom. The minimum Gasteiger partial charge on any atom is -0.345 e. The van der Waals surface area contributed by atoms with Crippen molar-refractivity contribution < 1.29 is 4.79 Å². The van der Waals surface area contributed by atoms with Gasteiger partial charge in [-0.3, -0.25) is 14.3 Å². The summed E-state index contributed by atoms with van der Waals surface area (Å²) in [6, 6.07) is 6.27. The van der Waals surface area contributed by atoms with E-state index in [0.29, 0.717) is 24.3 Å². The molecule has 1 saturated carbocycles. The molecule has 0 N–H and O–H groups in total. The Hall–Kier alpha value is -2.67. The van der Waals surface area contributed by atoms with Gasteiger partial charge in [0.2, 0.25) is 0 Å². The molecule has 1 aliphatic rings. The van der Waals surface area contributed by atoms with E-state index in [4.69, 9.17) is 0 Å². The second kappa shape index (κ2) is 9.86. The van der Waals surface area contributed by atoms with Gasteiger partial charge in [0.1, 0.15) is 0 Å². The summed E-state index contributed by atoms with van der Waals surface area (Å²) >= 11 is 1.49. The van der Waals surface area contributed by atoms with Gasteiger partial charge in [-0.25, -0.2) is 0 Å². The van der Waals surface area contributed by atoms with Crippen LogP contribution in [0.5, 0.6) is 0 Å². The molecule has 7 heteroatoms. The first-order valence-corrected chi connectivity index (χ1v) is 12.3. The van der Waals surface area contributed by atoms with Crippen LogP contribution in [-0.2, 0) is 6.54 Å². The van der Waals surface area contributed by atoms with E-state index in [1.165, 1.54) is 31.0 Å². The zero-order chi connectivity index (χ0) is 22.7. The van der Waals surface area contributed by atoms with Crippen LogP contribution in [0.3, 0.4) is 0 Å². The van der Waals surface area contributed by atoms with Crippen molar-refractivity contribution in [3.63, 3.8) is 0 Å². The van der Waals surface area contributed by atoms with Crippen LogP contribution >= 0.6 is 11.8 Å². The first-order valence-electron chi connectivity index (χ1n) is 11.3. The lowest BCUT2D eigenvalue weighted by molar-refractivity contribution is 0.102. The molecule has 1 fully saturated rings. The number of thioether (sulfide) groups is 1. The van der Waals surface area contributed by atoms with Crippen molar-refractivity contribution in [3.05, 3.63) is 60.2 Å². The molecule has 0 spiro atoms. The third-order valence-corrected chi connectivity index (χ3v) is 7.44. The molecule has 0 saturated heterocycles. The van der Waals surface area contributed by atoms with Crippen molar-refractivity contribution in [1.82, 2.24) is 24.3 Å². The predicted octanol–water partition coefficient (Wildman–Crippen LogP) is 5.67. The summed E-state index contributed by atoms with van der Waals surface area (Å²) in [4.78, 5) is 17.4. The summed E-state index contributed by atoms with van der Waals surface area (Å²) in [5.74, 6) is 1.84. The van der Waals surface area contributed by atoms with Crippen LogP contribution in [0.15, 0.2) is 48.4 Å². The van der Waals surface area contributed by atoms with Gasteiger partial charge in [-0.05, 0) is 50.8 Å². The van der Waals surface area contributed by atoms with E-state index in [9.17, 15) is 4.79 Å². The van der Waals surface area contributed by atoms with Gasteiger partial charge in [-0.15, -0.1) is 16.8 Å². The summed E-state index contributed by atoms with van der Waals surface area (Å²) in [5.41, 5.74) is 3.81. The van der Waals surface area contributed by atoms with E-state index in [2.05, 4.69) is 37.8 Å². The van der Waals surface area contributed by atoms with Crippen molar-refractivity contribution in [2.75, 3.05) is 5.75 Å². The summed E-state index contributed by atoms with van der Waals surface area (Å²) in [7, 11) is 0. The number of aryl methyl sites for hydroxylation is 1. The fourth-order valence-corrected chi connectivity index (χ4v) is 5.62. The highest BCUT2D eigenvalue weighted by Crippen LogP contribution is 2.39. The van der Waals surface area contributed by atoms with Gasteiger partial charge in [0, 0.05) is 47.5 Å². The maximum absolute atomic E-state index is 13.1. The van der Waals surface area contributed by atoms with Crippen molar-refractivity contribution in [1.29, 1.82) is 0 Å². The van der Waals surface area contributed by atoms with Crippen molar-refractivity contribution in [2.45, 2.75) is 64.2 Å². The number of hydrogen-bond acceptors (Lipinski definition) is 5. The standard InChI is InChI=1S/C25H31N5OS/c1-5-13-29-18(3)14-21(19(29)4)23(31)16-32-25-28-27-24(20-10-8-12-26-15-20)30(25)22-11-7-6-9-17(22)2/h5,8,10,12,14-15,17,22H,1,6-7,9,11,13,16H2,2-4H3/t17-,22+/m1/s1. The first-order chi connectivity index (χ1) is 15.5. The molecular weight excluding hydrogens is 418 g/mol. The number of pyridine rings is 1. The molecule has 0 unspecified atom stereocenters. The molecule has 0 radical (unpaired) electrons. The Morgan fingerprint density at radius 1 is 1.28 bits per heavy atom. The van der Waals surface area contributed by atoms with Crippen LogP contribution in [0.4, 0.5) is 0 Å². The Labute approximate surface area is 194 Å². The molecule has 6 nitrogen and oxygen atoms in total. The molecule has 4 rings (SSSR count). The Kier molecular flexibility index (Phi) is 6.94. The van der Waals surface area contributed by atoms with Crippen LogP contribution in [0.1, 0.15) is 60.4 Å². The van der Waals surface area contributed by atoms with Gasteiger partial charge in [0.05, 0.1) is 5.75 Å². The number of aromatic nitrogens is 5. The number of carbonyl (C=O) groups excluding carboxylic acids is 1. The van der Waals surface area contributed by atoms with E-state index in [-0.39, 0.29) is 5.78 Å². The highest BCUT2D eigenvalue weighted by Gasteiger charge is 2.29. The van der Waals surface area contributed by atoms with Gasteiger partial charge in [0.25, 0.3) is 0 Å². The van der Waals surface area contributed by atoms with Crippen LogP contribution in [-0.4, -0.2) is 35.9 Å². The first kappa shape index (κ1) is 22.5. The quantitative estimate of drug-likeness (QED) is 0.252. The second-order valence-corrected chi connectivity index (χ2v) is 9.59. The predicted molar refractivity (Wildman–Crippen MR) is 129 cm³/mol. The maximum atomic E-state index is 13.1. The van der Waals surface area contributed by atoms with Gasteiger partial charge in [-0.1, -0.05) is 37.6 Å². The molecule has 32 heavy (non-hydrogen) atoms. The lowest BCUT2D eigenvalue weighted by Gasteiger charge is -2.31. The lowest BCUT2D eigenvalue weighted by atomic mass is 9.85.